The van der Waals surface area contributed by atoms with Gasteiger partial charge in [0.25, 0.3) is 0 Å². The van der Waals surface area contributed by atoms with E-state index in [1.165, 1.54) is 0 Å². The number of piperazine rings is 1. The number of rotatable bonds is 6. The number of hydrogen-bond donors (Lipinski definition) is 1. The van der Waals surface area contributed by atoms with Gasteiger partial charge in [-0.1, -0.05) is 40.5 Å². The van der Waals surface area contributed by atoms with Crippen LogP contribution in [0.4, 0.5) is 0 Å². The number of amides is 2. The van der Waals surface area contributed by atoms with Crippen LogP contribution in [0.15, 0.2) is 0 Å². The van der Waals surface area contributed by atoms with Crippen LogP contribution in [0.5, 0.6) is 0 Å². The average Bonchev–Trinajstić information content (AvgIpc) is 3.25. The predicted molar refractivity (Wildman–Crippen MR) is 83.7 cm³/mol. The monoisotopic (exact) mass is 294 g/mol. The summed E-state index contributed by atoms with van der Waals surface area (Å²) in [5, 5.41) is 3.05. The third-order valence-electron chi connectivity index (χ3n) is 5.33. The molecule has 1 N–H and O–H groups in total. The van der Waals surface area contributed by atoms with Gasteiger partial charge in [0, 0.05) is 6.54 Å². The molecule has 2 fully saturated rings. The van der Waals surface area contributed by atoms with Gasteiger partial charge in [0.1, 0.15) is 11.6 Å². The highest BCUT2D eigenvalue weighted by Crippen LogP contribution is 2.43. The summed E-state index contributed by atoms with van der Waals surface area (Å²) in [7, 11) is 0. The Labute approximate surface area is 128 Å². The lowest BCUT2D eigenvalue weighted by molar-refractivity contribution is -0.158. The second-order valence-electron chi connectivity index (χ2n) is 7.29. The highest BCUT2D eigenvalue weighted by Gasteiger charge is 2.55. The van der Waals surface area contributed by atoms with Gasteiger partial charge in [-0.15, -0.1) is 0 Å². The van der Waals surface area contributed by atoms with Gasteiger partial charge in [0.2, 0.25) is 11.8 Å². The maximum absolute atomic E-state index is 13.1. The Bertz CT molecular complexity index is 413. The van der Waals surface area contributed by atoms with E-state index in [2.05, 4.69) is 19.2 Å². The summed E-state index contributed by atoms with van der Waals surface area (Å²) in [4.78, 5) is 27.5. The van der Waals surface area contributed by atoms with Crippen molar-refractivity contribution in [3.63, 3.8) is 0 Å². The highest BCUT2D eigenvalue weighted by atomic mass is 16.2. The maximum atomic E-state index is 13.1. The van der Waals surface area contributed by atoms with Crippen molar-refractivity contribution in [1.29, 1.82) is 0 Å². The van der Waals surface area contributed by atoms with Crippen LogP contribution >= 0.6 is 0 Å². The molecule has 2 amide bonds. The zero-order valence-corrected chi connectivity index (χ0v) is 14.1. The number of carbonyl (C=O) groups is 2. The summed E-state index contributed by atoms with van der Waals surface area (Å²) < 4.78 is 0. The molecule has 0 radical (unpaired) electrons. The Hall–Kier alpha value is -1.06. The topological polar surface area (TPSA) is 49.4 Å². The summed E-state index contributed by atoms with van der Waals surface area (Å²) in [5.41, 5.74) is -0.672. The van der Waals surface area contributed by atoms with Crippen molar-refractivity contribution in [3.8, 4) is 0 Å². The molecule has 0 spiro atoms. The molecule has 21 heavy (non-hydrogen) atoms. The Balaban J connectivity index is 2.28. The molecule has 4 heteroatoms. The number of nitrogens with one attached hydrogen (secondary N) is 1. The molecule has 2 atom stereocenters. The van der Waals surface area contributed by atoms with E-state index in [4.69, 9.17) is 0 Å². The van der Waals surface area contributed by atoms with Crippen LogP contribution < -0.4 is 5.32 Å². The summed E-state index contributed by atoms with van der Waals surface area (Å²) in [5.74, 6) is 1.11. The van der Waals surface area contributed by atoms with E-state index in [0.29, 0.717) is 18.4 Å². The van der Waals surface area contributed by atoms with Gasteiger partial charge in [-0.25, -0.2) is 0 Å². The van der Waals surface area contributed by atoms with Gasteiger partial charge in [0.05, 0.1) is 0 Å². The third kappa shape index (κ3) is 2.95. The zero-order chi connectivity index (χ0) is 15.8. The molecule has 1 heterocycles. The van der Waals surface area contributed by atoms with Crippen molar-refractivity contribution < 1.29 is 9.59 Å². The molecule has 1 saturated heterocycles. The van der Waals surface area contributed by atoms with Gasteiger partial charge in [-0.2, -0.15) is 0 Å². The van der Waals surface area contributed by atoms with E-state index in [1.807, 2.05) is 25.7 Å². The Kier molecular flexibility index (Phi) is 4.64. The van der Waals surface area contributed by atoms with Crippen LogP contribution in [0.2, 0.25) is 0 Å². The van der Waals surface area contributed by atoms with Crippen molar-refractivity contribution in [1.82, 2.24) is 10.2 Å². The second-order valence-corrected chi connectivity index (χ2v) is 7.29. The number of carbonyl (C=O) groups excluding carboxylic acids is 2. The molecule has 1 aliphatic heterocycles. The van der Waals surface area contributed by atoms with Crippen molar-refractivity contribution in [2.75, 3.05) is 6.54 Å². The first-order valence-electron chi connectivity index (χ1n) is 8.48. The van der Waals surface area contributed by atoms with Gasteiger partial charge >= 0.3 is 0 Å². The number of nitrogens with zero attached hydrogens (tertiary/aromatic N) is 1. The SMILES string of the molecule is CCC(CC)CN1C(=O)C(C)(C2CC2)NC(=O)C1C(C)C. The fraction of sp³-hybridized carbons (Fsp3) is 0.882. The van der Waals surface area contributed by atoms with E-state index < -0.39 is 5.54 Å². The van der Waals surface area contributed by atoms with Gasteiger partial charge in [-0.05, 0) is 37.5 Å². The van der Waals surface area contributed by atoms with Crippen molar-refractivity contribution in [2.45, 2.75) is 71.9 Å². The third-order valence-corrected chi connectivity index (χ3v) is 5.33. The minimum atomic E-state index is -0.672. The molecule has 2 aliphatic rings. The zero-order valence-electron chi connectivity index (χ0n) is 14.1. The average molecular weight is 294 g/mol. The first-order chi connectivity index (χ1) is 9.85. The summed E-state index contributed by atoms with van der Waals surface area (Å²) in [6.07, 6.45) is 4.20. The van der Waals surface area contributed by atoms with Crippen molar-refractivity contribution in [2.24, 2.45) is 17.8 Å². The molecule has 0 bridgehead atoms. The lowest BCUT2D eigenvalue weighted by atomic mass is 9.85. The molecular formula is C17H30N2O2. The molecule has 0 aromatic heterocycles. The van der Waals surface area contributed by atoms with Crippen molar-refractivity contribution in [3.05, 3.63) is 0 Å². The minimum Gasteiger partial charge on any atom is -0.340 e. The number of hydrogen-bond acceptors (Lipinski definition) is 2. The first kappa shape index (κ1) is 16.3. The molecule has 0 aromatic rings. The maximum Gasteiger partial charge on any atom is 0.249 e. The molecule has 120 valence electrons. The Morgan fingerprint density at radius 2 is 1.81 bits per heavy atom. The summed E-state index contributed by atoms with van der Waals surface area (Å²) in [6, 6.07) is -0.315. The molecule has 2 unspecified atom stereocenters. The van der Waals surface area contributed by atoms with Crippen LogP contribution in [-0.4, -0.2) is 34.8 Å². The van der Waals surface area contributed by atoms with Crippen LogP contribution in [0, 0.1) is 17.8 Å². The first-order valence-corrected chi connectivity index (χ1v) is 8.48. The van der Waals surface area contributed by atoms with E-state index in [9.17, 15) is 9.59 Å². The normalized spacial score (nSPS) is 30.2. The standard InChI is InChI=1S/C17H30N2O2/c1-6-12(7-2)10-19-14(11(3)4)15(20)18-17(5,16(19)21)13-8-9-13/h11-14H,6-10H2,1-5H3,(H,18,20). The fourth-order valence-corrected chi connectivity index (χ4v) is 3.57. The second kappa shape index (κ2) is 5.98. The quantitative estimate of drug-likeness (QED) is 0.818. The molecular weight excluding hydrogens is 264 g/mol. The van der Waals surface area contributed by atoms with Crippen LogP contribution in [0.25, 0.3) is 0 Å². The van der Waals surface area contributed by atoms with Crippen molar-refractivity contribution >= 4 is 11.8 Å². The molecule has 1 saturated carbocycles. The van der Waals surface area contributed by atoms with Gasteiger partial charge < -0.3 is 10.2 Å². The summed E-state index contributed by atoms with van der Waals surface area (Å²) >= 11 is 0. The largest absolute Gasteiger partial charge is 0.340 e. The lowest BCUT2D eigenvalue weighted by Gasteiger charge is -2.47. The Morgan fingerprint density at radius 3 is 2.24 bits per heavy atom. The summed E-state index contributed by atoms with van der Waals surface area (Å²) in [6.45, 7) is 11.0. The van der Waals surface area contributed by atoms with E-state index in [-0.39, 0.29) is 23.8 Å². The van der Waals surface area contributed by atoms with Crippen LogP contribution in [0.3, 0.4) is 0 Å². The Morgan fingerprint density at radius 1 is 1.24 bits per heavy atom. The molecule has 1 aliphatic carbocycles. The lowest BCUT2D eigenvalue weighted by Crippen LogP contribution is -2.71. The van der Waals surface area contributed by atoms with Gasteiger partial charge in [0.15, 0.2) is 0 Å². The van der Waals surface area contributed by atoms with Gasteiger partial charge in [-0.3, -0.25) is 9.59 Å². The minimum absolute atomic E-state index is 0.0324. The van der Waals surface area contributed by atoms with Crippen LogP contribution in [-0.2, 0) is 9.59 Å². The fourth-order valence-electron chi connectivity index (χ4n) is 3.57. The molecule has 4 nitrogen and oxygen atoms in total. The predicted octanol–water partition coefficient (Wildman–Crippen LogP) is 2.57. The molecule has 2 rings (SSSR count). The molecule has 0 aromatic carbocycles. The smallest absolute Gasteiger partial charge is 0.249 e. The van der Waals surface area contributed by atoms with E-state index in [1.54, 1.807) is 0 Å². The van der Waals surface area contributed by atoms with E-state index >= 15 is 0 Å². The van der Waals surface area contributed by atoms with Crippen LogP contribution in [0.1, 0.15) is 60.3 Å². The van der Waals surface area contributed by atoms with E-state index in [0.717, 1.165) is 25.7 Å². The highest BCUT2D eigenvalue weighted by molar-refractivity contribution is 6.00.